The molecule has 2 aromatic carbocycles. The number of aliphatic carboxylic acids is 1. The van der Waals surface area contributed by atoms with Crippen molar-refractivity contribution in [2.24, 2.45) is 0 Å². The molecule has 0 saturated heterocycles. The zero-order valence-corrected chi connectivity index (χ0v) is 20.5. The largest absolute Gasteiger partial charge is 0.506 e. The minimum absolute atomic E-state index is 0. The zero-order valence-electron chi connectivity index (χ0n) is 19.7. The van der Waals surface area contributed by atoms with Crippen LogP contribution in [0.3, 0.4) is 0 Å². The smallest absolute Gasteiger partial charge is 0.300 e. The molecule has 7 nitrogen and oxygen atoms in total. The Morgan fingerprint density at radius 1 is 1.09 bits per heavy atom. The lowest BCUT2D eigenvalue weighted by Gasteiger charge is -2.18. The van der Waals surface area contributed by atoms with Crippen LogP contribution in [0.1, 0.15) is 54.7 Å². The van der Waals surface area contributed by atoms with Crippen LogP contribution >= 0.6 is 12.4 Å². The van der Waals surface area contributed by atoms with Crippen molar-refractivity contribution < 1.29 is 20.1 Å². The summed E-state index contributed by atoms with van der Waals surface area (Å²) in [6.45, 7) is 5.91. The van der Waals surface area contributed by atoms with E-state index in [-0.39, 0.29) is 23.7 Å². The molecular weight excluding hydrogens is 456 g/mol. The number of halogens is 1. The van der Waals surface area contributed by atoms with Crippen LogP contribution < -0.4 is 10.9 Å². The number of carboxylic acid groups (broad SMARTS) is 1. The average Bonchev–Trinajstić information content (AvgIpc) is 3.18. The Balaban J connectivity index is 0.000000758. The Hall–Kier alpha value is -2.87. The Kier molecular flexibility index (Phi) is 9.67. The highest BCUT2D eigenvalue weighted by Crippen LogP contribution is 2.30. The molecule has 0 saturated carbocycles. The Morgan fingerprint density at radius 2 is 1.65 bits per heavy atom. The molecule has 1 aliphatic rings. The van der Waals surface area contributed by atoms with Gasteiger partial charge in [0.25, 0.3) is 5.97 Å². The maximum atomic E-state index is 11.6. The van der Waals surface area contributed by atoms with Crippen LogP contribution in [0.5, 0.6) is 5.75 Å². The first-order valence-corrected chi connectivity index (χ1v) is 11.3. The standard InChI is InChI=1S/C24H28N2O3.C2H4O2.ClH/c1-3-14-9-16-11-18(12-17(16)10-15(14)4-2)25-13-22(28)19-5-7-21(27)24-20(19)6-8-23(29)26-24;1-2(3)4;/h5-10,18,22,25,27-28H,3-4,11-13H2,1-2H3,(H,26,29);1H3,(H,3,4);1H/t22-;;/m0../s1. The molecule has 0 aliphatic heterocycles. The highest BCUT2D eigenvalue weighted by atomic mass is 35.5. The molecule has 3 aromatic rings. The number of fused-ring (bicyclic) bond motifs is 2. The lowest BCUT2D eigenvalue weighted by Crippen LogP contribution is -2.33. The molecule has 0 spiro atoms. The summed E-state index contributed by atoms with van der Waals surface area (Å²) in [7, 11) is 0. The van der Waals surface area contributed by atoms with E-state index in [0.29, 0.717) is 29.1 Å². The number of rotatable bonds is 6. The van der Waals surface area contributed by atoms with Gasteiger partial charge >= 0.3 is 0 Å². The van der Waals surface area contributed by atoms with E-state index in [1.165, 1.54) is 34.4 Å². The van der Waals surface area contributed by atoms with Crippen LogP contribution in [0.25, 0.3) is 10.9 Å². The number of aromatic amines is 1. The number of phenolic OH excluding ortho intramolecular Hbond substituents is 1. The van der Waals surface area contributed by atoms with Crippen LogP contribution in [0, 0.1) is 0 Å². The van der Waals surface area contributed by atoms with Crippen molar-refractivity contribution in [3.8, 4) is 5.75 Å². The lowest BCUT2D eigenvalue weighted by molar-refractivity contribution is -0.134. The van der Waals surface area contributed by atoms with E-state index in [2.05, 4.69) is 36.3 Å². The zero-order chi connectivity index (χ0) is 24.1. The van der Waals surface area contributed by atoms with Crippen LogP contribution in [0.2, 0.25) is 0 Å². The summed E-state index contributed by atoms with van der Waals surface area (Å²) in [5.41, 5.74) is 6.49. The second-order valence-corrected chi connectivity index (χ2v) is 8.43. The van der Waals surface area contributed by atoms with Gasteiger partial charge < -0.3 is 25.6 Å². The van der Waals surface area contributed by atoms with Gasteiger partial charge in [-0.3, -0.25) is 9.59 Å². The molecule has 5 N–H and O–H groups in total. The second-order valence-electron chi connectivity index (χ2n) is 8.43. The Morgan fingerprint density at radius 3 is 2.18 bits per heavy atom. The van der Waals surface area contributed by atoms with Crippen molar-refractivity contribution in [1.29, 1.82) is 0 Å². The number of benzene rings is 2. The summed E-state index contributed by atoms with van der Waals surface area (Å²) in [5.74, 6) is -0.827. The molecule has 34 heavy (non-hydrogen) atoms. The Labute approximate surface area is 205 Å². The van der Waals surface area contributed by atoms with Crippen molar-refractivity contribution in [3.63, 3.8) is 0 Å². The predicted molar refractivity (Wildman–Crippen MR) is 136 cm³/mol. The number of pyridine rings is 1. The van der Waals surface area contributed by atoms with Gasteiger partial charge in [0.15, 0.2) is 0 Å². The van der Waals surface area contributed by atoms with Crippen molar-refractivity contribution in [3.05, 3.63) is 74.6 Å². The maximum Gasteiger partial charge on any atom is 0.300 e. The number of aliphatic hydroxyl groups excluding tert-OH is 1. The number of hydrogen-bond acceptors (Lipinski definition) is 5. The minimum Gasteiger partial charge on any atom is -0.506 e. The SMILES string of the molecule is CC(=O)O.CCc1cc2c(cc1CC)CC(NC[C@H](O)c1ccc(O)c3[nH]c(=O)ccc13)C2.Cl. The van der Waals surface area contributed by atoms with Gasteiger partial charge in [-0.05, 0) is 65.6 Å². The molecule has 184 valence electrons. The summed E-state index contributed by atoms with van der Waals surface area (Å²) in [6, 6.07) is 11.3. The van der Waals surface area contributed by atoms with Crippen molar-refractivity contribution in [2.75, 3.05) is 6.54 Å². The lowest BCUT2D eigenvalue weighted by atomic mass is 9.97. The van der Waals surface area contributed by atoms with Crippen LogP contribution in [0.15, 0.2) is 41.2 Å². The quantitative estimate of drug-likeness (QED) is 0.361. The van der Waals surface area contributed by atoms with Gasteiger partial charge in [0, 0.05) is 31.0 Å². The first-order valence-electron chi connectivity index (χ1n) is 11.3. The fourth-order valence-corrected chi connectivity index (χ4v) is 4.51. The number of aromatic hydroxyl groups is 1. The third kappa shape index (κ3) is 6.38. The van der Waals surface area contributed by atoms with Gasteiger partial charge in [0.2, 0.25) is 5.56 Å². The molecule has 1 atom stereocenters. The number of H-pyrrole nitrogens is 1. The highest BCUT2D eigenvalue weighted by molar-refractivity contribution is 5.87. The topological polar surface area (TPSA) is 123 Å². The monoisotopic (exact) mass is 488 g/mol. The molecule has 0 amide bonds. The van der Waals surface area contributed by atoms with Crippen LogP contribution in [0.4, 0.5) is 0 Å². The molecule has 1 aromatic heterocycles. The first kappa shape index (κ1) is 27.4. The molecule has 1 heterocycles. The van der Waals surface area contributed by atoms with Gasteiger partial charge in [-0.15, -0.1) is 12.4 Å². The fraction of sp³-hybridized carbons (Fsp3) is 0.385. The fourth-order valence-electron chi connectivity index (χ4n) is 4.51. The summed E-state index contributed by atoms with van der Waals surface area (Å²) in [5, 5.41) is 32.4. The summed E-state index contributed by atoms with van der Waals surface area (Å²) >= 11 is 0. The van der Waals surface area contributed by atoms with Crippen molar-refractivity contribution >= 4 is 29.3 Å². The van der Waals surface area contributed by atoms with E-state index >= 15 is 0 Å². The van der Waals surface area contributed by atoms with Gasteiger partial charge in [-0.1, -0.05) is 32.0 Å². The van der Waals surface area contributed by atoms with Crippen molar-refractivity contribution in [1.82, 2.24) is 10.3 Å². The molecular formula is C26H33ClN2O5. The van der Waals surface area contributed by atoms with E-state index in [9.17, 15) is 15.0 Å². The van der Waals surface area contributed by atoms with E-state index in [0.717, 1.165) is 32.6 Å². The number of carbonyl (C=O) groups is 1. The van der Waals surface area contributed by atoms with Crippen LogP contribution in [-0.4, -0.2) is 38.9 Å². The third-order valence-corrected chi connectivity index (χ3v) is 6.08. The number of aliphatic hydroxyl groups is 1. The molecule has 4 rings (SSSR count). The van der Waals surface area contributed by atoms with E-state index < -0.39 is 12.1 Å². The van der Waals surface area contributed by atoms with Crippen molar-refractivity contribution in [2.45, 2.75) is 58.6 Å². The molecule has 8 heteroatoms. The number of nitrogens with one attached hydrogen (secondary N) is 2. The molecule has 1 aliphatic carbocycles. The van der Waals surface area contributed by atoms with E-state index in [1.54, 1.807) is 12.1 Å². The summed E-state index contributed by atoms with van der Waals surface area (Å²) < 4.78 is 0. The predicted octanol–water partition coefficient (Wildman–Crippen LogP) is 3.66. The number of carboxylic acids is 1. The summed E-state index contributed by atoms with van der Waals surface area (Å²) in [4.78, 5) is 23.2. The maximum absolute atomic E-state index is 11.6. The molecule has 0 fully saturated rings. The first-order chi connectivity index (χ1) is 15.7. The third-order valence-electron chi connectivity index (χ3n) is 6.08. The molecule has 0 radical (unpaired) electrons. The summed E-state index contributed by atoms with van der Waals surface area (Å²) in [6.07, 6.45) is 3.34. The second kappa shape index (κ2) is 12.0. The van der Waals surface area contributed by atoms with E-state index in [1.807, 2.05) is 0 Å². The van der Waals surface area contributed by atoms with Gasteiger partial charge in [-0.25, -0.2) is 0 Å². The molecule has 0 unspecified atom stereocenters. The van der Waals surface area contributed by atoms with Crippen LogP contribution in [-0.2, 0) is 30.5 Å². The number of aromatic nitrogens is 1. The Bertz CT molecular complexity index is 1170. The van der Waals surface area contributed by atoms with Gasteiger partial charge in [-0.2, -0.15) is 0 Å². The minimum atomic E-state index is -0.833. The number of aryl methyl sites for hydroxylation is 2. The van der Waals surface area contributed by atoms with E-state index in [4.69, 9.17) is 9.90 Å². The number of phenols is 1. The normalized spacial score (nSPS) is 13.5. The number of hydrogen-bond donors (Lipinski definition) is 5. The average molecular weight is 489 g/mol. The van der Waals surface area contributed by atoms with Gasteiger partial charge in [0.1, 0.15) is 5.75 Å². The highest BCUT2D eigenvalue weighted by Gasteiger charge is 2.24. The molecule has 0 bridgehead atoms. The van der Waals surface area contributed by atoms with Gasteiger partial charge in [0.05, 0.1) is 11.6 Å².